The molecule has 1 aliphatic heterocycles. The molecule has 1 aliphatic rings. The SMILES string of the molecule is CCCCCCCCCCCCC(O)CN(CCCSSCCN1CCN(CCOC(=O)CCCCN(CC(O)CCCCCCCCCC)CC(O)CCCCCCCCCC)CC1)CC(O)CCCCCCCCCCCC. The summed E-state index contributed by atoms with van der Waals surface area (Å²) >= 11 is 0. The van der Waals surface area contributed by atoms with Crippen LogP contribution in [0.3, 0.4) is 0 Å². The minimum absolute atomic E-state index is 0.115. The van der Waals surface area contributed by atoms with Gasteiger partial charge in [0, 0.05) is 83.4 Å². The number of piperazine rings is 1. The highest BCUT2D eigenvalue weighted by Crippen LogP contribution is 2.23. The van der Waals surface area contributed by atoms with Crippen LogP contribution in [0.4, 0.5) is 0 Å². The molecule has 10 nitrogen and oxygen atoms in total. The third kappa shape index (κ3) is 53.3. The molecule has 80 heavy (non-hydrogen) atoms. The zero-order chi connectivity index (χ0) is 58.0. The van der Waals surface area contributed by atoms with E-state index >= 15 is 0 Å². The topological polar surface area (TPSA) is 120 Å². The van der Waals surface area contributed by atoms with E-state index in [1.807, 2.05) is 21.6 Å². The lowest BCUT2D eigenvalue weighted by Gasteiger charge is -2.34. The molecular weight excluding hydrogens is 1030 g/mol. The first kappa shape index (κ1) is 77.9. The van der Waals surface area contributed by atoms with Crippen LogP contribution >= 0.6 is 21.6 Å². The van der Waals surface area contributed by atoms with Crippen molar-refractivity contribution in [2.75, 3.05) is 96.6 Å². The largest absolute Gasteiger partial charge is 0.464 e. The van der Waals surface area contributed by atoms with Gasteiger partial charge in [-0.2, -0.15) is 0 Å². The Morgan fingerprint density at radius 3 is 1.00 bits per heavy atom. The summed E-state index contributed by atoms with van der Waals surface area (Å²) in [5, 5.41) is 44.2. The second-order valence-electron chi connectivity index (χ2n) is 25.0. The van der Waals surface area contributed by atoms with Crippen molar-refractivity contribution in [1.82, 2.24) is 19.6 Å². The van der Waals surface area contributed by atoms with Crippen LogP contribution < -0.4 is 0 Å². The Morgan fingerprint density at radius 1 is 0.375 bits per heavy atom. The molecule has 0 bridgehead atoms. The zero-order valence-corrected chi connectivity index (χ0v) is 55.4. The molecule has 1 rings (SSSR count). The van der Waals surface area contributed by atoms with Crippen molar-refractivity contribution in [1.29, 1.82) is 0 Å². The normalized spacial score (nSPS) is 15.1. The number of ether oxygens (including phenoxy) is 1. The fraction of sp³-hybridized carbons (Fsp3) is 0.985. The first-order valence-electron chi connectivity index (χ1n) is 35.2. The number of aliphatic hydroxyl groups excluding tert-OH is 4. The molecule has 0 aliphatic carbocycles. The number of nitrogens with zero attached hydrogens (tertiary/aromatic N) is 4. The molecule has 0 spiro atoms. The summed E-state index contributed by atoms with van der Waals surface area (Å²) in [6.07, 6.45) is 51.5. The Hall–Kier alpha value is -0.150. The monoisotopic (exact) mass is 1170 g/mol. The number of aliphatic hydroxyl groups is 4. The highest BCUT2D eigenvalue weighted by Gasteiger charge is 2.20. The van der Waals surface area contributed by atoms with Gasteiger partial charge in [-0.15, -0.1) is 0 Å². The Kier molecular flexibility index (Phi) is 58.9. The van der Waals surface area contributed by atoms with Crippen LogP contribution in [0, 0.1) is 0 Å². The van der Waals surface area contributed by atoms with Gasteiger partial charge in [-0.3, -0.25) is 24.4 Å². The van der Waals surface area contributed by atoms with Gasteiger partial charge in [-0.05, 0) is 58.0 Å². The van der Waals surface area contributed by atoms with E-state index in [-0.39, 0.29) is 30.4 Å². The molecule has 0 radical (unpaired) electrons. The minimum Gasteiger partial charge on any atom is -0.464 e. The summed E-state index contributed by atoms with van der Waals surface area (Å²) in [7, 11) is 3.95. The lowest BCUT2D eigenvalue weighted by Crippen LogP contribution is -2.47. The predicted molar refractivity (Wildman–Crippen MR) is 352 cm³/mol. The van der Waals surface area contributed by atoms with Gasteiger partial charge in [0.05, 0.1) is 24.4 Å². The van der Waals surface area contributed by atoms with Crippen molar-refractivity contribution in [3.05, 3.63) is 0 Å². The molecule has 4 N–H and O–H groups in total. The van der Waals surface area contributed by atoms with Crippen molar-refractivity contribution in [3.8, 4) is 0 Å². The maximum atomic E-state index is 12.8. The van der Waals surface area contributed by atoms with Crippen LogP contribution in [-0.2, 0) is 9.53 Å². The number of carbonyl (C=O) groups is 1. The minimum atomic E-state index is -0.375. The molecule has 0 amide bonds. The number of esters is 1. The molecule has 0 aromatic rings. The van der Waals surface area contributed by atoms with E-state index in [9.17, 15) is 25.2 Å². The Balaban J connectivity index is 2.35. The Bertz CT molecular complexity index is 1190. The van der Waals surface area contributed by atoms with Gasteiger partial charge in [-0.25, -0.2) is 0 Å². The van der Waals surface area contributed by atoms with Crippen molar-refractivity contribution >= 4 is 27.6 Å². The second-order valence-corrected chi connectivity index (χ2v) is 27.7. The highest BCUT2D eigenvalue weighted by atomic mass is 33.1. The van der Waals surface area contributed by atoms with E-state index in [1.165, 1.54) is 205 Å². The van der Waals surface area contributed by atoms with Crippen LogP contribution in [0.5, 0.6) is 0 Å². The molecule has 12 heteroatoms. The average molecular weight is 1170 g/mol. The number of hydrogen-bond donors (Lipinski definition) is 4. The first-order chi connectivity index (χ1) is 39.2. The van der Waals surface area contributed by atoms with Gasteiger partial charge >= 0.3 is 5.97 Å². The van der Waals surface area contributed by atoms with Crippen molar-refractivity contribution in [2.24, 2.45) is 0 Å². The molecule has 4 atom stereocenters. The summed E-state index contributed by atoms with van der Waals surface area (Å²) in [6.45, 7) is 19.8. The summed E-state index contributed by atoms with van der Waals surface area (Å²) < 4.78 is 5.72. The van der Waals surface area contributed by atoms with Crippen LogP contribution in [0.1, 0.15) is 310 Å². The summed E-state index contributed by atoms with van der Waals surface area (Å²) in [5.74, 6) is 2.08. The van der Waals surface area contributed by atoms with Gasteiger partial charge in [0.2, 0.25) is 0 Å². The molecular formula is C68H138N4O6S2. The van der Waals surface area contributed by atoms with Gasteiger partial charge in [0.25, 0.3) is 0 Å². The summed E-state index contributed by atoms with van der Waals surface area (Å²) in [5.41, 5.74) is 0. The second kappa shape index (κ2) is 60.5. The zero-order valence-electron chi connectivity index (χ0n) is 53.7. The Labute approximate surface area is 505 Å². The predicted octanol–water partition coefficient (Wildman–Crippen LogP) is 16.8. The number of unbranched alkanes of at least 4 members (excludes halogenated alkanes) is 33. The molecule has 1 heterocycles. The fourth-order valence-corrected chi connectivity index (χ4v) is 13.8. The molecule has 478 valence electrons. The molecule has 0 aromatic heterocycles. The summed E-state index contributed by atoms with van der Waals surface area (Å²) in [6, 6.07) is 0. The Morgan fingerprint density at radius 2 is 0.662 bits per heavy atom. The van der Waals surface area contributed by atoms with E-state index in [0.717, 1.165) is 134 Å². The smallest absolute Gasteiger partial charge is 0.305 e. The molecule has 0 aromatic carbocycles. The van der Waals surface area contributed by atoms with Gasteiger partial charge < -0.3 is 25.2 Å². The molecule has 4 unspecified atom stereocenters. The maximum Gasteiger partial charge on any atom is 0.305 e. The number of carbonyl (C=O) groups excluding carboxylic acids is 1. The van der Waals surface area contributed by atoms with Crippen LogP contribution in [0.25, 0.3) is 0 Å². The van der Waals surface area contributed by atoms with E-state index in [1.54, 1.807) is 0 Å². The maximum absolute atomic E-state index is 12.8. The number of rotatable bonds is 64. The third-order valence-electron chi connectivity index (χ3n) is 17.0. The third-order valence-corrected chi connectivity index (χ3v) is 19.4. The lowest BCUT2D eigenvalue weighted by atomic mass is 10.0. The lowest BCUT2D eigenvalue weighted by molar-refractivity contribution is -0.144. The molecule has 1 saturated heterocycles. The van der Waals surface area contributed by atoms with Crippen LogP contribution in [-0.4, -0.2) is 167 Å². The first-order valence-corrected chi connectivity index (χ1v) is 37.7. The van der Waals surface area contributed by atoms with Gasteiger partial charge in [0.1, 0.15) is 6.61 Å². The van der Waals surface area contributed by atoms with Crippen molar-refractivity contribution in [2.45, 2.75) is 335 Å². The van der Waals surface area contributed by atoms with E-state index in [2.05, 4.69) is 47.3 Å². The van der Waals surface area contributed by atoms with E-state index < -0.39 is 0 Å². The standard InChI is InChI=1S/C68H138N4O6S2/c1-5-9-13-17-21-25-27-31-35-39-46-66(75)62-72(63-67(76)47-40-36-32-28-26-22-18-14-10-6-2)50-43-58-79-80-59-56-70-53-51-69(52-54-70)55-57-78-68(77)48-41-42-49-71(60-64(73)44-37-33-29-23-19-15-11-7-3)61-65(74)45-38-34-30-24-20-16-12-8-4/h64-67,73-76H,5-63H2,1-4H3. The number of hydrogen-bond acceptors (Lipinski definition) is 12. The molecule has 0 saturated carbocycles. The van der Waals surface area contributed by atoms with Crippen molar-refractivity contribution < 1.29 is 30.0 Å². The van der Waals surface area contributed by atoms with E-state index in [4.69, 9.17) is 4.74 Å². The van der Waals surface area contributed by atoms with Gasteiger partial charge in [-0.1, -0.05) is 280 Å². The fourth-order valence-electron chi connectivity index (χ4n) is 11.7. The van der Waals surface area contributed by atoms with Crippen LogP contribution in [0.15, 0.2) is 0 Å². The molecule has 1 fully saturated rings. The van der Waals surface area contributed by atoms with Gasteiger partial charge in [0.15, 0.2) is 0 Å². The van der Waals surface area contributed by atoms with E-state index in [0.29, 0.717) is 39.2 Å². The van der Waals surface area contributed by atoms with Crippen LogP contribution in [0.2, 0.25) is 0 Å². The summed E-state index contributed by atoms with van der Waals surface area (Å²) in [4.78, 5) is 22.4. The average Bonchev–Trinajstić information content (AvgIpc) is 3.44. The highest BCUT2D eigenvalue weighted by molar-refractivity contribution is 8.76. The quantitative estimate of drug-likeness (QED) is 0.0264. The van der Waals surface area contributed by atoms with Crippen molar-refractivity contribution in [3.63, 3.8) is 0 Å².